The number of nitrogens with one attached hydrogen (secondary N) is 2. The van der Waals surface area contributed by atoms with Crippen LogP contribution in [0, 0.1) is 5.92 Å². The molecule has 17 heavy (non-hydrogen) atoms. The average molecular weight is 245 g/mol. The van der Waals surface area contributed by atoms with Gasteiger partial charge < -0.3 is 21.5 Å². The molecule has 0 aliphatic rings. The Morgan fingerprint density at radius 2 is 1.71 bits per heavy atom. The summed E-state index contributed by atoms with van der Waals surface area (Å²) in [6.45, 7) is 5.10. The number of primary amides is 1. The molecule has 2 atom stereocenters. The fourth-order valence-electron chi connectivity index (χ4n) is 1.25. The second-order valence-electron chi connectivity index (χ2n) is 4.26. The Balaban J connectivity index is 4.51. The van der Waals surface area contributed by atoms with Gasteiger partial charge in [0.05, 0.1) is 0 Å². The fourth-order valence-corrected chi connectivity index (χ4v) is 1.25. The molecule has 0 aromatic carbocycles. The quantitative estimate of drug-likeness (QED) is 0.511. The third-order valence-electron chi connectivity index (χ3n) is 2.07. The van der Waals surface area contributed by atoms with Gasteiger partial charge in [0, 0.05) is 0 Å². The summed E-state index contributed by atoms with van der Waals surface area (Å²) in [5, 5.41) is 13.2. The first-order valence-corrected chi connectivity index (χ1v) is 5.33. The normalized spacial score (nSPS) is 13.9. The number of nitrogens with two attached hydrogens (primary N) is 1. The third-order valence-corrected chi connectivity index (χ3v) is 2.07. The number of aliphatic carboxylic acids is 1. The number of carbonyl (C=O) groups is 3. The van der Waals surface area contributed by atoms with Gasteiger partial charge in [-0.25, -0.2) is 4.79 Å². The molecule has 0 aromatic heterocycles. The highest BCUT2D eigenvalue weighted by Gasteiger charge is 2.24. The summed E-state index contributed by atoms with van der Waals surface area (Å²) in [5.41, 5.74) is 4.95. The maximum atomic E-state index is 11.7. The maximum Gasteiger partial charge on any atom is 0.325 e. The molecule has 2 unspecified atom stereocenters. The average Bonchev–Trinajstić information content (AvgIpc) is 2.14. The van der Waals surface area contributed by atoms with Crippen LogP contribution in [0.2, 0.25) is 0 Å². The van der Waals surface area contributed by atoms with E-state index in [1.54, 1.807) is 0 Å². The molecule has 0 aromatic rings. The van der Waals surface area contributed by atoms with Gasteiger partial charge in [0.25, 0.3) is 0 Å². The van der Waals surface area contributed by atoms with E-state index < -0.39 is 30.0 Å². The van der Waals surface area contributed by atoms with E-state index >= 15 is 0 Å². The van der Waals surface area contributed by atoms with Gasteiger partial charge in [0.1, 0.15) is 12.1 Å². The molecule has 0 aliphatic heterocycles. The zero-order chi connectivity index (χ0) is 13.6. The summed E-state index contributed by atoms with van der Waals surface area (Å²) in [6, 6.07) is -2.63. The van der Waals surface area contributed by atoms with Crippen molar-refractivity contribution in [1.29, 1.82) is 0 Å². The van der Waals surface area contributed by atoms with Crippen molar-refractivity contribution < 1.29 is 19.5 Å². The molecule has 0 spiro atoms. The van der Waals surface area contributed by atoms with Crippen LogP contribution in [0.5, 0.6) is 0 Å². The molecule has 7 nitrogen and oxygen atoms in total. The summed E-state index contributed by atoms with van der Waals surface area (Å²) in [4.78, 5) is 33.0. The Hall–Kier alpha value is -1.79. The van der Waals surface area contributed by atoms with Crippen LogP contribution < -0.4 is 16.4 Å². The van der Waals surface area contributed by atoms with Crippen LogP contribution in [-0.2, 0) is 9.59 Å². The summed E-state index contributed by atoms with van der Waals surface area (Å²) in [6.07, 6.45) is 0.390. The second kappa shape index (κ2) is 6.72. The van der Waals surface area contributed by atoms with Crippen LogP contribution in [0.3, 0.4) is 0 Å². The van der Waals surface area contributed by atoms with Crippen molar-refractivity contribution in [2.24, 2.45) is 11.7 Å². The lowest BCUT2D eigenvalue weighted by atomic mass is 10.0. The Morgan fingerprint density at radius 3 is 2.06 bits per heavy atom. The topological polar surface area (TPSA) is 122 Å². The van der Waals surface area contributed by atoms with Gasteiger partial charge in [0.2, 0.25) is 5.91 Å². The van der Waals surface area contributed by atoms with Crippen molar-refractivity contribution >= 4 is 17.9 Å². The lowest BCUT2D eigenvalue weighted by Crippen LogP contribution is -2.52. The van der Waals surface area contributed by atoms with Crippen molar-refractivity contribution in [1.82, 2.24) is 10.6 Å². The highest BCUT2D eigenvalue weighted by Crippen LogP contribution is 2.05. The number of rotatable bonds is 6. The number of hydrogen-bond donors (Lipinski definition) is 4. The lowest BCUT2D eigenvalue weighted by Gasteiger charge is -2.20. The molecule has 5 N–H and O–H groups in total. The van der Waals surface area contributed by atoms with Crippen LogP contribution in [0.1, 0.15) is 27.2 Å². The molecular formula is C10H19N3O4. The van der Waals surface area contributed by atoms with Gasteiger partial charge >= 0.3 is 12.0 Å². The summed E-state index contributed by atoms with van der Waals surface area (Å²) in [7, 11) is 0. The van der Waals surface area contributed by atoms with E-state index in [0.717, 1.165) is 0 Å². The van der Waals surface area contributed by atoms with Crippen LogP contribution in [0.4, 0.5) is 4.79 Å². The predicted molar refractivity (Wildman–Crippen MR) is 61.2 cm³/mol. The summed E-state index contributed by atoms with van der Waals surface area (Å²) >= 11 is 0. The molecule has 0 rings (SSSR count). The molecule has 3 amide bonds. The van der Waals surface area contributed by atoms with Crippen LogP contribution in [0.25, 0.3) is 0 Å². The summed E-state index contributed by atoms with van der Waals surface area (Å²) < 4.78 is 0. The van der Waals surface area contributed by atoms with Gasteiger partial charge in [-0.15, -0.1) is 0 Å². The van der Waals surface area contributed by atoms with E-state index in [4.69, 9.17) is 10.8 Å². The standard InChI is InChI=1S/C10H19N3O4/c1-5(2)4-7(13-10(11)17)8(14)12-6(3)9(15)16/h5-7H,4H2,1-3H3,(H,12,14)(H,15,16)(H3,11,13,17). The minimum atomic E-state index is -1.14. The molecular weight excluding hydrogens is 226 g/mol. The minimum absolute atomic E-state index is 0.165. The van der Waals surface area contributed by atoms with Gasteiger partial charge in [-0.3, -0.25) is 9.59 Å². The molecule has 0 saturated carbocycles. The highest BCUT2D eigenvalue weighted by molar-refractivity contribution is 5.89. The number of urea groups is 1. The monoisotopic (exact) mass is 245 g/mol. The molecule has 7 heteroatoms. The Morgan fingerprint density at radius 1 is 1.18 bits per heavy atom. The van der Waals surface area contributed by atoms with Gasteiger partial charge in [0.15, 0.2) is 0 Å². The van der Waals surface area contributed by atoms with Gasteiger partial charge in [-0.05, 0) is 19.3 Å². The zero-order valence-corrected chi connectivity index (χ0v) is 10.2. The first-order valence-electron chi connectivity index (χ1n) is 5.33. The molecule has 0 fully saturated rings. The van der Waals surface area contributed by atoms with E-state index in [9.17, 15) is 14.4 Å². The number of hydrogen-bond acceptors (Lipinski definition) is 3. The largest absolute Gasteiger partial charge is 0.480 e. The highest BCUT2D eigenvalue weighted by atomic mass is 16.4. The number of carboxylic acids is 1. The Labute approximate surface area is 99.7 Å². The zero-order valence-electron chi connectivity index (χ0n) is 10.2. The fraction of sp³-hybridized carbons (Fsp3) is 0.700. The van der Waals surface area contributed by atoms with Gasteiger partial charge in [-0.2, -0.15) is 0 Å². The molecule has 0 saturated heterocycles. The minimum Gasteiger partial charge on any atom is -0.480 e. The van der Waals surface area contributed by atoms with Crippen molar-refractivity contribution in [3.05, 3.63) is 0 Å². The van der Waals surface area contributed by atoms with E-state index in [0.29, 0.717) is 6.42 Å². The molecule has 0 heterocycles. The van der Waals surface area contributed by atoms with E-state index in [2.05, 4.69) is 10.6 Å². The first kappa shape index (κ1) is 15.2. The summed E-state index contributed by atoms with van der Waals surface area (Å²) in [5.74, 6) is -1.52. The molecule has 98 valence electrons. The van der Waals surface area contributed by atoms with E-state index in [1.807, 2.05) is 13.8 Å². The number of carboxylic acid groups (broad SMARTS) is 1. The molecule has 0 radical (unpaired) electrons. The molecule has 0 aliphatic carbocycles. The van der Waals surface area contributed by atoms with E-state index in [1.165, 1.54) is 6.92 Å². The van der Waals surface area contributed by atoms with Crippen molar-refractivity contribution in [3.63, 3.8) is 0 Å². The predicted octanol–water partition coefficient (Wildman–Crippen LogP) is -0.341. The van der Waals surface area contributed by atoms with Gasteiger partial charge in [-0.1, -0.05) is 13.8 Å². The smallest absolute Gasteiger partial charge is 0.325 e. The first-order chi connectivity index (χ1) is 7.73. The van der Waals surface area contributed by atoms with Crippen molar-refractivity contribution in [2.75, 3.05) is 0 Å². The Bertz CT molecular complexity index is 304. The van der Waals surface area contributed by atoms with Crippen molar-refractivity contribution in [3.8, 4) is 0 Å². The maximum absolute atomic E-state index is 11.7. The van der Waals surface area contributed by atoms with Crippen LogP contribution >= 0.6 is 0 Å². The van der Waals surface area contributed by atoms with Crippen LogP contribution in [-0.4, -0.2) is 35.1 Å². The third kappa shape index (κ3) is 6.39. The van der Waals surface area contributed by atoms with Crippen LogP contribution in [0.15, 0.2) is 0 Å². The SMILES string of the molecule is CC(C)CC(NC(N)=O)C(=O)NC(C)C(=O)O. The lowest BCUT2D eigenvalue weighted by molar-refractivity contribution is -0.141. The number of amides is 3. The van der Waals surface area contributed by atoms with E-state index in [-0.39, 0.29) is 5.92 Å². The second-order valence-corrected chi connectivity index (χ2v) is 4.26. The van der Waals surface area contributed by atoms with Crippen molar-refractivity contribution in [2.45, 2.75) is 39.3 Å². The Kier molecular flexibility index (Phi) is 6.01. The molecule has 0 bridgehead atoms. The number of carbonyl (C=O) groups excluding carboxylic acids is 2.